The van der Waals surface area contributed by atoms with E-state index in [1.54, 1.807) is 0 Å². The van der Waals surface area contributed by atoms with Gasteiger partial charge in [-0.3, -0.25) is 14.5 Å². The first-order chi connectivity index (χ1) is 14.6. The summed E-state index contributed by atoms with van der Waals surface area (Å²) in [5, 5.41) is 2.95. The average molecular weight is 412 g/mol. The molecule has 2 saturated heterocycles. The van der Waals surface area contributed by atoms with E-state index in [1.807, 2.05) is 11.0 Å². The van der Waals surface area contributed by atoms with E-state index in [1.165, 1.54) is 16.9 Å². The van der Waals surface area contributed by atoms with Gasteiger partial charge in [0.05, 0.1) is 0 Å². The van der Waals surface area contributed by atoms with Gasteiger partial charge >= 0.3 is 6.03 Å². The summed E-state index contributed by atoms with van der Waals surface area (Å²) >= 11 is 0. The molecule has 3 aliphatic rings. The van der Waals surface area contributed by atoms with E-state index >= 15 is 0 Å². The van der Waals surface area contributed by atoms with Crippen molar-refractivity contribution in [2.45, 2.75) is 69.7 Å². The molecule has 162 valence electrons. The second-order valence-electron chi connectivity index (χ2n) is 9.19. The molecule has 4 amide bonds. The molecule has 0 radical (unpaired) electrons. The first-order valence-electron chi connectivity index (χ1n) is 11.5. The molecule has 0 aromatic heterocycles. The number of amides is 4. The van der Waals surface area contributed by atoms with Crippen molar-refractivity contribution in [1.82, 2.24) is 15.1 Å². The Morgan fingerprint density at radius 1 is 0.967 bits per heavy atom. The van der Waals surface area contributed by atoms with E-state index in [-0.39, 0.29) is 18.4 Å². The summed E-state index contributed by atoms with van der Waals surface area (Å²) in [5.41, 5.74) is 0.562. The number of hydrogen-bond acceptors (Lipinski definition) is 3. The SMILES string of the molecule is O=C(CN1C(=O)NC2(CCCCCCC2)C1=O)N1CCC(Cc2ccccc2)CC1. The van der Waals surface area contributed by atoms with E-state index < -0.39 is 11.6 Å². The fourth-order valence-electron chi connectivity index (χ4n) is 5.24. The van der Waals surface area contributed by atoms with Gasteiger partial charge < -0.3 is 10.2 Å². The minimum absolute atomic E-state index is 0.112. The molecule has 2 aliphatic heterocycles. The highest BCUT2D eigenvalue weighted by atomic mass is 16.2. The standard InChI is InChI=1S/C24H33N3O3/c28-21(26-15-11-20(12-16-26)17-19-9-5-4-6-10-19)18-27-22(29)24(25-23(27)30)13-7-2-1-3-8-14-24/h4-6,9-10,20H,1-3,7-8,11-18H2,(H,25,30). The summed E-state index contributed by atoms with van der Waals surface area (Å²) < 4.78 is 0. The maximum atomic E-state index is 13.1. The predicted molar refractivity (Wildman–Crippen MR) is 115 cm³/mol. The van der Waals surface area contributed by atoms with Crippen LogP contribution in [-0.4, -0.2) is 52.8 Å². The molecule has 4 rings (SSSR count). The number of carbonyl (C=O) groups excluding carboxylic acids is 3. The van der Waals surface area contributed by atoms with Crippen LogP contribution in [0.5, 0.6) is 0 Å². The van der Waals surface area contributed by atoms with Gasteiger partial charge in [-0.2, -0.15) is 0 Å². The summed E-state index contributed by atoms with van der Waals surface area (Å²) in [6, 6.07) is 10.1. The Bertz CT molecular complexity index is 763. The number of hydrogen-bond donors (Lipinski definition) is 1. The second kappa shape index (κ2) is 9.19. The van der Waals surface area contributed by atoms with Crippen molar-refractivity contribution in [1.29, 1.82) is 0 Å². The van der Waals surface area contributed by atoms with Crippen LogP contribution in [0.4, 0.5) is 4.79 Å². The van der Waals surface area contributed by atoms with Crippen LogP contribution in [0.3, 0.4) is 0 Å². The van der Waals surface area contributed by atoms with Gasteiger partial charge in [0.2, 0.25) is 5.91 Å². The molecule has 30 heavy (non-hydrogen) atoms. The Morgan fingerprint density at radius 2 is 1.60 bits per heavy atom. The molecular formula is C24H33N3O3. The third kappa shape index (κ3) is 4.52. The minimum Gasteiger partial charge on any atom is -0.341 e. The van der Waals surface area contributed by atoms with Crippen molar-refractivity contribution in [3.8, 4) is 0 Å². The summed E-state index contributed by atoms with van der Waals surface area (Å²) in [6.45, 7) is 1.27. The maximum Gasteiger partial charge on any atom is 0.325 e. The highest BCUT2D eigenvalue weighted by Crippen LogP contribution is 2.32. The summed E-state index contributed by atoms with van der Waals surface area (Å²) in [7, 11) is 0. The molecule has 0 atom stereocenters. The molecule has 0 bridgehead atoms. The Labute approximate surface area is 179 Å². The molecule has 0 unspecified atom stereocenters. The molecule has 1 spiro atoms. The molecule has 2 heterocycles. The number of likely N-dealkylation sites (tertiary alicyclic amines) is 1. The molecule has 1 aromatic rings. The van der Waals surface area contributed by atoms with Gasteiger partial charge in [0.25, 0.3) is 5.91 Å². The Hall–Kier alpha value is -2.37. The lowest BCUT2D eigenvalue weighted by atomic mass is 9.84. The zero-order valence-electron chi connectivity index (χ0n) is 17.8. The number of benzene rings is 1. The maximum absolute atomic E-state index is 13.1. The van der Waals surface area contributed by atoms with Gasteiger partial charge in [0, 0.05) is 13.1 Å². The molecule has 6 nitrogen and oxygen atoms in total. The van der Waals surface area contributed by atoms with Gasteiger partial charge in [0.15, 0.2) is 0 Å². The fourth-order valence-corrected chi connectivity index (χ4v) is 5.24. The number of urea groups is 1. The lowest BCUT2D eigenvalue weighted by Gasteiger charge is -2.33. The van der Waals surface area contributed by atoms with Crippen molar-refractivity contribution in [2.24, 2.45) is 5.92 Å². The number of nitrogens with zero attached hydrogens (tertiary/aromatic N) is 2. The van der Waals surface area contributed by atoms with Crippen molar-refractivity contribution in [3.63, 3.8) is 0 Å². The van der Waals surface area contributed by atoms with Crippen LogP contribution >= 0.6 is 0 Å². The van der Waals surface area contributed by atoms with Gasteiger partial charge in [-0.25, -0.2) is 4.79 Å². The number of nitrogens with one attached hydrogen (secondary N) is 1. The molecule has 1 saturated carbocycles. The van der Waals surface area contributed by atoms with Crippen LogP contribution in [0.25, 0.3) is 0 Å². The summed E-state index contributed by atoms with van der Waals surface area (Å²) in [4.78, 5) is 41.5. The molecule has 3 fully saturated rings. The third-order valence-electron chi connectivity index (χ3n) is 7.08. The number of imide groups is 1. The smallest absolute Gasteiger partial charge is 0.325 e. The zero-order chi connectivity index (χ0) is 21.0. The third-order valence-corrected chi connectivity index (χ3v) is 7.08. The molecule has 1 aromatic carbocycles. The second-order valence-corrected chi connectivity index (χ2v) is 9.19. The molecule has 6 heteroatoms. The molecular weight excluding hydrogens is 378 g/mol. The fraction of sp³-hybridized carbons (Fsp3) is 0.625. The monoisotopic (exact) mass is 411 g/mol. The van der Waals surface area contributed by atoms with Crippen LogP contribution < -0.4 is 5.32 Å². The Kier molecular flexibility index (Phi) is 6.40. The van der Waals surface area contributed by atoms with E-state index in [4.69, 9.17) is 0 Å². The number of rotatable bonds is 4. The quantitative estimate of drug-likeness (QED) is 0.771. The van der Waals surface area contributed by atoms with Crippen LogP contribution in [0.15, 0.2) is 30.3 Å². The highest BCUT2D eigenvalue weighted by Gasteiger charge is 2.51. The van der Waals surface area contributed by atoms with E-state index in [0.29, 0.717) is 31.8 Å². The van der Waals surface area contributed by atoms with Gasteiger partial charge in [-0.1, -0.05) is 62.4 Å². The average Bonchev–Trinajstić information content (AvgIpc) is 2.97. The molecule has 1 N–H and O–H groups in total. The zero-order valence-corrected chi connectivity index (χ0v) is 17.8. The van der Waals surface area contributed by atoms with E-state index in [0.717, 1.165) is 44.9 Å². The number of piperidine rings is 1. The molecule has 1 aliphatic carbocycles. The minimum atomic E-state index is -0.777. The largest absolute Gasteiger partial charge is 0.341 e. The lowest BCUT2D eigenvalue weighted by molar-refractivity contribution is -0.140. The van der Waals surface area contributed by atoms with Crippen LogP contribution in [0.2, 0.25) is 0 Å². The topological polar surface area (TPSA) is 69.7 Å². The number of carbonyl (C=O) groups is 3. The van der Waals surface area contributed by atoms with E-state index in [2.05, 4.69) is 29.6 Å². The van der Waals surface area contributed by atoms with Crippen molar-refractivity contribution in [3.05, 3.63) is 35.9 Å². The summed E-state index contributed by atoms with van der Waals surface area (Å²) in [6.07, 6.45) is 9.63. The van der Waals surface area contributed by atoms with Crippen molar-refractivity contribution < 1.29 is 14.4 Å². The van der Waals surface area contributed by atoms with E-state index in [9.17, 15) is 14.4 Å². The Balaban J connectivity index is 1.30. The first-order valence-corrected chi connectivity index (χ1v) is 11.5. The van der Waals surface area contributed by atoms with Crippen molar-refractivity contribution >= 4 is 17.8 Å². The normalized spacial score (nSPS) is 22.7. The highest BCUT2D eigenvalue weighted by molar-refractivity contribution is 6.09. The van der Waals surface area contributed by atoms with Gasteiger partial charge in [-0.15, -0.1) is 0 Å². The predicted octanol–water partition coefficient (Wildman–Crippen LogP) is 3.50. The van der Waals surface area contributed by atoms with Gasteiger partial charge in [-0.05, 0) is 43.6 Å². The van der Waals surface area contributed by atoms with Crippen molar-refractivity contribution in [2.75, 3.05) is 19.6 Å². The van der Waals surface area contributed by atoms with Crippen LogP contribution in [0, 0.1) is 5.92 Å². The van der Waals surface area contributed by atoms with Crippen LogP contribution in [0.1, 0.15) is 63.4 Å². The summed E-state index contributed by atoms with van der Waals surface area (Å²) in [5.74, 6) is 0.271. The first kappa shape index (κ1) is 20.9. The van der Waals surface area contributed by atoms with Crippen LogP contribution in [-0.2, 0) is 16.0 Å². The van der Waals surface area contributed by atoms with Gasteiger partial charge in [0.1, 0.15) is 12.1 Å². The lowest BCUT2D eigenvalue weighted by Crippen LogP contribution is -2.49. The Morgan fingerprint density at radius 3 is 2.27 bits per heavy atom.